The Labute approximate surface area is 107 Å². The summed E-state index contributed by atoms with van der Waals surface area (Å²) in [7, 11) is 0. The quantitative estimate of drug-likeness (QED) is 0.859. The molecule has 0 aromatic heterocycles. The molecule has 18 heavy (non-hydrogen) atoms. The summed E-state index contributed by atoms with van der Waals surface area (Å²) in [5, 5.41) is 19.0. The van der Waals surface area contributed by atoms with Crippen molar-refractivity contribution in [2.45, 2.75) is 51.4 Å². The van der Waals surface area contributed by atoms with E-state index in [2.05, 4.69) is 0 Å². The molecule has 1 aliphatic carbocycles. The van der Waals surface area contributed by atoms with Crippen LogP contribution in [0.15, 0.2) is 12.1 Å². The Morgan fingerprint density at radius 3 is 2.44 bits per heavy atom. The number of hydrogen-bond donors (Lipinski definition) is 2. The molecule has 0 spiro atoms. The number of hydrogen-bond acceptors (Lipinski definition) is 2. The van der Waals surface area contributed by atoms with Gasteiger partial charge in [0.15, 0.2) is 0 Å². The minimum atomic E-state index is -0.744. The van der Waals surface area contributed by atoms with E-state index in [1.165, 1.54) is 0 Å². The Bertz CT molecular complexity index is 485. The summed E-state index contributed by atoms with van der Waals surface area (Å²) in [6.45, 7) is 6.01. The van der Waals surface area contributed by atoms with Crippen molar-refractivity contribution < 1.29 is 15.0 Å². The van der Waals surface area contributed by atoms with Crippen LogP contribution in [0.1, 0.15) is 55.7 Å². The van der Waals surface area contributed by atoms with Gasteiger partial charge < -0.3 is 10.2 Å². The second-order valence-electron chi connectivity index (χ2n) is 5.73. The van der Waals surface area contributed by atoms with Gasteiger partial charge in [-0.05, 0) is 48.4 Å². The van der Waals surface area contributed by atoms with Crippen LogP contribution in [-0.4, -0.2) is 16.2 Å². The lowest BCUT2D eigenvalue weighted by Gasteiger charge is -2.19. The molecule has 1 fully saturated rings. The Balaban J connectivity index is 2.45. The zero-order valence-electron chi connectivity index (χ0n) is 11.2. The zero-order chi connectivity index (χ0) is 13.5. The van der Waals surface area contributed by atoms with Gasteiger partial charge >= 0.3 is 5.97 Å². The third-order valence-corrected chi connectivity index (χ3v) is 3.91. The van der Waals surface area contributed by atoms with E-state index in [0.717, 1.165) is 29.5 Å². The van der Waals surface area contributed by atoms with E-state index in [1.807, 2.05) is 26.8 Å². The highest BCUT2D eigenvalue weighted by Gasteiger charge is 2.47. The number of carbonyl (C=O) groups is 1. The van der Waals surface area contributed by atoms with Crippen molar-refractivity contribution in [3.8, 4) is 5.75 Å². The molecular weight excluding hydrogens is 228 g/mol. The molecule has 1 aromatic carbocycles. The molecule has 98 valence electrons. The van der Waals surface area contributed by atoms with Crippen LogP contribution in [0, 0.1) is 6.92 Å². The van der Waals surface area contributed by atoms with E-state index in [4.69, 9.17) is 5.11 Å². The Morgan fingerprint density at radius 2 is 2.00 bits per heavy atom. The molecule has 0 bridgehead atoms. The minimum Gasteiger partial charge on any atom is -0.508 e. The summed E-state index contributed by atoms with van der Waals surface area (Å²) in [6.07, 6.45) is 2.06. The fourth-order valence-corrected chi connectivity index (χ4v) is 2.72. The first-order chi connectivity index (χ1) is 8.35. The summed E-state index contributed by atoms with van der Waals surface area (Å²) in [5.41, 5.74) is 2.82. The largest absolute Gasteiger partial charge is 0.508 e. The topological polar surface area (TPSA) is 57.5 Å². The van der Waals surface area contributed by atoms with Crippen molar-refractivity contribution in [3.05, 3.63) is 28.8 Å². The monoisotopic (exact) mass is 248 g/mol. The first-order valence-corrected chi connectivity index (χ1v) is 6.41. The molecule has 0 atom stereocenters. The summed E-state index contributed by atoms with van der Waals surface area (Å²) in [4.78, 5) is 11.0. The predicted octanol–water partition coefficient (Wildman–Crippen LogP) is 3.33. The van der Waals surface area contributed by atoms with Crippen LogP contribution in [0.5, 0.6) is 5.75 Å². The molecule has 3 heteroatoms. The molecule has 0 saturated heterocycles. The fraction of sp³-hybridized carbons (Fsp3) is 0.533. The second-order valence-corrected chi connectivity index (χ2v) is 5.73. The number of phenols is 1. The third kappa shape index (κ3) is 2.22. The van der Waals surface area contributed by atoms with E-state index in [0.29, 0.717) is 5.75 Å². The van der Waals surface area contributed by atoms with Gasteiger partial charge in [-0.25, -0.2) is 0 Å². The van der Waals surface area contributed by atoms with Crippen LogP contribution >= 0.6 is 0 Å². The van der Waals surface area contributed by atoms with Gasteiger partial charge in [0.1, 0.15) is 5.75 Å². The lowest BCUT2D eigenvalue weighted by atomic mass is 9.85. The first-order valence-electron chi connectivity index (χ1n) is 6.41. The molecule has 3 nitrogen and oxygen atoms in total. The standard InChI is InChI=1S/C15H20O3/c1-9(2)11-7-12(10(3)6-13(11)16)15(4-5-15)8-14(17)18/h6-7,9,16H,4-5,8H2,1-3H3,(H,17,18). The van der Waals surface area contributed by atoms with E-state index >= 15 is 0 Å². The minimum absolute atomic E-state index is 0.187. The molecule has 0 radical (unpaired) electrons. The molecule has 2 N–H and O–H groups in total. The van der Waals surface area contributed by atoms with Crippen LogP contribution in [0.4, 0.5) is 0 Å². The van der Waals surface area contributed by atoms with Crippen molar-refractivity contribution in [2.24, 2.45) is 0 Å². The van der Waals surface area contributed by atoms with Crippen LogP contribution in [0.25, 0.3) is 0 Å². The molecule has 1 aromatic rings. The lowest BCUT2D eigenvalue weighted by molar-refractivity contribution is -0.137. The molecule has 0 heterocycles. The Hall–Kier alpha value is -1.51. The maximum absolute atomic E-state index is 11.0. The normalized spacial score (nSPS) is 16.9. The number of aliphatic carboxylic acids is 1. The summed E-state index contributed by atoms with van der Waals surface area (Å²) < 4.78 is 0. The van der Waals surface area contributed by atoms with Gasteiger partial charge in [0, 0.05) is 5.41 Å². The van der Waals surface area contributed by atoms with Gasteiger partial charge in [-0.1, -0.05) is 19.9 Å². The van der Waals surface area contributed by atoms with Gasteiger partial charge in [0.05, 0.1) is 6.42 Å². The molecule has 0 unspecified atom stereocenters. The average molecular weight is 248 g/mol. The Morgan fingerprint density at radius 1 is 1.39 bits per heavy atom. The number of benzene rings is 1. The molecule has 1 saturated carbocycles. The molecule has 1 aliphatic rings. The van der Waals surface area contributed by atoms with Crippen LogP contribution < -0.4 is 0 Å². The number of aryl methyl sites for hydroxylation is 1. The summed E-state index contributed by atoms with van der Waals surface area (Å²) in [6, 6.07) is 3.78. The Kier molecular flexibility index (Phi) is 3.09. The number of phenolic OH excluding ortho intramolecular Hbond substituents is 1. The van der Waals surface area contributed by atoms with Crippen molar-refractivity contribution in [1.29, 1.82) is 0 Å². The second kappa shape index (κ2) is 4.30. The molecule has 0 amide bonds. The molecule has 0 aliphatic heterocycles. The fourth-order valence-electron chi connectivity index (χ4n) is 2.72. The van der Waals surface area contributed by atoms with Crippen LogP contribution in [0.3, 0.4) is 0 Å². The van der Waals surface area contributed by atoms with Crippen molar-refractivity contribution in [1.82, 2.24) is 0 Å². The summed E-state index contributed by atoms with van der Waals surface area (Å²) >= 11 is 0. The van der Waals surface area contributed by atoms with E-state index in [1.54, 1.807) is 6.07 Å². The van der Waals surface area contributed by atoms with Gasteiger partial charge in [0.25, 0.3) is 0 Å². The number of aromatic hydroxyl groups is 1. The smallest absolute Gasteiger partial charge is 0.304 e. The first kappa shape index (κ1) is 12.9. The average Bonchev–Trinajstić information content (AvgIpc) is 2.96. The van der Waals surface area contributed by atoms with Gasteiger partial charge in [-0.15, -0.1) is 0 Å². The van der Waals surface area contributed by atoms with Gasteiger partial charge in [0.2, 0.25) is 0 Å². The maximum atomic E-state index is 11.0. The van der Waals surface area contributed by atoms with Crippen molar-refractivity contribution >= 4 is 5.97 Å². The van der Waals surface area contributed by atoms with Crippen molar-refractivity contribution in [3.63, 3.8) is 0 Å². The highest BCUT2D eigenvalue weighted by molar-refractivity contribution is 5.70. The van der Waals surface area contributed by atoms with Gasteiger partial charge in [-0.2, -0.15) is 0 Å². The van der Waals surface area contributed by atoms with Crippen LogP contribution in [0.2, 0.25) is 0 Å². The SMILES string of the molecule is Cc1cc(O)c(C(C)C)cc1C1(CC(=O)O)CC1. The zero-order valence-corrected chi connectivity index (χ0v) is 11.2. The number of carboxylic acid groups (broad SMARTS) is 1. The van der Waals surface area contributed by atoms with Gasteiger partial charge in [-0.3, -0.25) is 4.79 Å². The third-order valence-electron chi connectivity index (χ3n) is 3.91. The maximum Gasteiger partial charge on any atom is 0.304 e. The molecule has 2 rings (SSSR count). The van der Waals surface area contributed by atoms with E-state index in [-0.39, 0.29) is 17.8 Å². The van der Waals surface area contributed by atoms with E-state index in [9.17, 15) is 9.90 Å². The number of rotatable bonds is 4. The summed E-state index contributed by atoms with van der Waals surface area (Å²) in [5.74, 6) is -0.187. The molecular formula is C15H20O3. The highest BCUT2D eigenvalue weighted by Crippen LogP contribution is 2.53. The lowest BCUT2D eigenvalue weighted by Crippen LogP contribution is -2.15. The van der Waals surface area contributed by atoms with Crippen LogP contribution in [-0.2, 0) is 10.2 Å². The van der Waals surface area contributed by atoms with E-state index < -0.39 is 5.97 Å². The predicted molar refractivity (Wildman–Crippen MR) is 70.1 cm³/mol. The highest BCUT2D eigenvalue weighted by atomic mass is 16.4. The van der Waals surface area contributed by atoms with Crippen molar-refractivity contribution in [2.75, 3.05) is 0 Å². The number of carboxylic acids is 1.